The van der Waals surface area contributed by atoms with Crippen molar-refractivity contribution in [3.8, 4) is 0 Å². The molecule has 1 atom stereocenters. The largest absolute Gasteiger partial charge is 0.388 e. The molecule has 1 aromatic rings. The topological polar surface area (TPSA) is 79.2 Å². The van der Waals surface area contributed by atoms with E-state index in [1.165, 1.54) is 0 Å². The fourth-order valence-corrected chi connectivity index (χ4v) is 2.30. The van der Waals surface area contributed by atoms with Gasteiger partial charge >= 0.3 is 6.03 Å². The van der Waals surface area contributed by atoms with E-state index in [1.807, 2.05) is 25.5 Å². The molecule has 1 heterocycles. The van der Waals surface area contributed by atoms with E-state index in [2.05, 4.69) is 29.6 Å². The van der Waals surface area contributed by atoms with Crippen LogP contribution in [-0.4, -0.2) is 33.1 Å². The van der Waals surface area contributed by atoms with Gasteiger partial charge in [-0.1, -0.05) is 13.8 Å². The van der Waals surface area contributed by atoms with Gasteiger partial charge in [0.1, 0.15) is 0 Å². The molecule has 6 nitrogen and oxygen atoms in total. The first-order chi connectivity index (χ1) is 10.2. The number of hydrogen-bond acceptors (Lipinski definition) is 3. The molecule has 0 radical (unpaired) electrons. The molecule has 0 spiro atoms. The monoisotopic (exact) mass is 310 g/mol. The zero-order chi connectivity index (χ0) is 16.9. The third-order valence-corrected chi connectivity index (χ3v) is 3.81. The molecule has 0 aliphatic carbocycles. The minimum absolute atomic E-state index is 0.228. The Labute approximate surface area is 133 Å². The van der Waals surface area contributed by atoms with Gasteiger partial charge in [0.25, 0.3) is 0 Å². The molecule has 0 aromatic carbocycles. The molecule has 22 heavy (non-hydrogen) atoms. The minimum atomic E-state index is -0.890. The van der Waals surface area contributed by atoms with E-state index in [1.54, 1.807) is 6.92 Å². The lowest BCUT2D eigenvalue weighted by Crippen LogP contribution is -2.42. The van der Waals surface area contributed by atoms with Crippen LogP contribution in [0.1, 0.15) is 51.9 Å². The summed E-state index contributed by atoms with van der Waals surface area (Å²) >= 11 is 0. The Morgan fingerprint density at radius 1 is 1.41 bits per heavy atom. The quantitative estimate of drug-likeness (QED) is 0.724. The van der Waals surface area contributed by atoms with Crippen molar-refractivity contribution in [2.24, 2.45) is 5.92 Å². The molecule has 6 heteroatoms. The fraction of sp³-hybridized carbons (Fsp3) is 0.750. The number of amides is 2. The van der Waals surface area contributed by atoms with Crippen molar-refractivity contribution in [1.29, 1.82) is 0 Å². The van der Waals surface area contributed by atoms with Gasteiger partial charge in [0.15, 0.2) is 0 Å². The summed E-state index contributed by atoms with van der Waals surface area (Å²) in [6.45, 7) is 12.8. The molecule has 0 fully saturated rings. The average molecular weight is 310 g/mol. The Kier molecular flexibility index (Phi) is 6.41. The van der Waals surface area contributed by atoms with Crippen molar-refractivity contribution in [3.05, 3.63) is 11.4 Å². The van der Waals surface area contributed by atoms with E-state index in [0.29, 0.717) is 12.3 Å². The van der Waals surface area contributed by atoms with Gasteiger partial charge in [-0.15, -0.1) is 0 Å². The van der Waals surface area contributed by atoms with Crippen molar-refractivity contribution < 1.29 is 9.90 Å². The summed E-state index contributed by atoms with van der Waals surface area (Å²) in [6, 6.07) is -0.313. The lowest BCUT2D eigenvalue weighted by molar-refractivity contribution is 0.0481. The van der Waals surface area contributed by atoms with Gasteiger partial charge in [0.2, 0.25) is 0 Å². The van der Waals surface area contributed by atoms with Crippen LogP contribution in [0.15, 0.2) is 0 Å². The van der Waals surface area contributed by atoms with Crippen LogP contribution in [0.2, 0.25) is 0 Å². The predicted molar refractivity (Wildman–Crippen MR) is 89.1 cm³/mol. The highest BCUT2D eigenvalue weighted by atomic mass is 16.3. The summed E-state index contributed by atoms with van der Waals surface area (Å²) in [7, 11) is 0. The van der Waals surface area contributed by atoms with Gasteiger partial charge in [-0.2, -0.15) is 5.10 Å². The minimum Gasteiger partial charge on any atom is -0.388 e. The number of carbonyl (C=O) groups is 1. The number of carbonyl (C=O) groups excluding carboxylic acids is 1. The highest BCUT2D eigenvalue weighted by Gasteiger charge is 2.22. The smallest absolute Gasteiger partial charge is 0.319 e. The third kappa shape index (κ3) is 5.33. The molecule has 3 N–H and O–H groups in total. The zero-order valence-corrected chi connectivity index (χ0v) is 14.7. The molecule has 126 valence electrons. The Morgan fingerprint density at radius 3 is 2.55 bits per heavy atom. The van der Waals surface area contributed by atoms with E-state index in [-0.39, 0.29) is 12.6 Å². The Morgan fingerprint density at radius 2 is 2.05 bits per heavy atom. The summed E-state index contributed by atoms with van der Waals surface area (Å²) in [5.41, 5.74) is 1.57. The molecule has 1 unspecified atom stereocenters. The van der Waals surface area contributed by atoms with Gasteiger partial charge in [0.05, 0.1) is 22.7 Å². The highest BCUT2D eigenvalue weighted by Crippen LogP contribution is 2.19. The maximum absolute atomic E-state index is 12.0. The number of anilines is 1. The number of nitrogens with zero attached hydrogens (tertiary/aromatic N) is 2. The fourth-order valence-electron chi connectivity index (χ4n) is 2.30. The first kappa shape index (κ1) is 18.5. The molecule has 0 saturated carbocycles. The SMILES string of the molecule is CCn1nc(C)c(NC(=O)NCC(C)(O)CCC(C)C)c1C. The summed E-state index contributed by atoms with van der Waals surface area (Å²) in [6.07, 6.45) is 1.59. The summed E-state index contributed by atoms with van der Waals surface area (Å²) in [5.74, 6) is 0.533. The van der Waals surface area contributed by atoms with Gasteiger partial charge < -0.3 is 15.7 Å². The molecule has 0 aliphatic heterocycles. The van der Waals surface area contributed by atoms with E-state index in [0.717, 1.165) is 30.0 Å². The van der Waals surface area contributed by atoms with Gasteiger partial charge in [-0.05, 0) is 46.5 Å². The van der Waals surface area contributed by atoms with Crippen LogP contribution in [0.5, 0.6) is 0 Å². The third-order valence-electron chi connectivity index (χ3n) is 3.81. The van der Waals surface area contributed by atoms with Gasteiger partial charge in [-0.3, -0.25) is 4.68 Å². The highest BCUT2D eigenvalue weighted by molar-refractivity contribution is 5.90. The van der Waals surface area contributed by atoms with Crippen LogP contribution < -0.4 is 10.6 Å². The maximum Gasteiger partial charge on any atom is 0.319 e. The van der Waals surface area contributed by atoms with E-state index >= 15 is 0 Å². The predicted octanol–water partition coefficient (Wildman–Crippen LogP) is 2.83. The molecule has 1 aromatic heterocycles. The Hall–Kier alpha value is -1.56. The van der Waals surface area contributed by atoms with Gasteiger partial charge in [-0.25, -0.2) is 4.79 Å². The average Bonchev–Trinajstić information content (AvgIpc) is 2.71. The van der Waals surface area contributed by atoms with Crippen LogP contribution in [0.4, 0.5) is 10.5 Å². The molecular formula is C16H30N4O2. The van der Waals surface area contributed by atoms with Crippen molar-refractivity contribution in [2.45, 2.75) is 66.5 Å². The van der Waals surface area contributed by atoms with Crippen LogP contribution in [-0.2, 0) is 6.54 Å². The lowest BCUT2D eigenvalue weighted by Gasteiger charge is -2.24. The number of rotatable bonds is 7. The number of urea groups is 1. The van der Waals surface area contributed by atoms with Crippen molar-refractivity contribution in [2.75, 3.05) is 11.9 Å². The maximum atomic E-state index is 12.0. The Bertz CT molecular complexity index is 506. The van der Waals surface area contributed by atoms with E-state index < -0.39 is 5.60 Å². The zero-order valence-electron chi connectivity index (χ0n) is 14.7. The Balaban J connectivity index is 2.55. The first-order valence-electron chi connectivity index (χ1n) is 7.97. The second-order valence-electron chi connectivity index (χ2n) is 6.60. The number of aryl methyl sites for hydroxylation is 2. The lowest BCUT2D eigenvalue weighted by atomic mass is 9.95. The van der Waals surface area contributed by atoms with Crippen molar-refractivity contribution in [3.63, 3.8) is 0 Å². The standard InChI is InChI=1S/C16H30N4O2/c1-7-20-13(5)14(12(4)19-20)18-15(21)17-10-16(6,22)9-8-11(2)3/h11,22H,7-10H2,1-6H3,(H2,17,18,21). The molecule has 0 saturated heterocycles. The number of hydrogen-bond donors (Lipinski definition) is 3. The van der Waals surface area contributed by atoms with Crippen LogP contribution >= 0.6 is 0 Å². The summed E-state index contributed by atoms with van der Waals surface area (Å²) in [4.78, 5) is 12.0. The normalized spacial score (nSPS) is 14.0. The second-order valence-corrected chi connectivity index (χ2v) is 6.60. The summed E-state index contributed by atoms with van der Waals surface area (Å²) < 4.78 is 1.85. The van der Waals surface area contributed by atoms with Crippen LogP contribution in [0.25, 0.3) is 0 Å². The van der Waals surface area contributed by atoms with Gasteiger partial charge in [0, 0.05) is 13.1 Å². The number of aromatic nitrogens is 2. The van der Waals surface area contributed by atoms with Crippen LogP contribution in [0, 0.1) is 19.8 Å². The molecular weight excluding hydrogens is 280 g/mol. The molecule has 2 amide bonds. The molecule has 1 rings (SSSR count). The first-order valence-corrected chi connectivity index (χ1v) is 7.97. The molecule has 0 aliphatic rings. The second kappa shape index (κ2) is 7.63. The van der Waals surface area contributed by atoms with Crippen molar-refractivity contribution in [1.82, 2.24) is 15.1 Å². The molecule has 0 bridgehead atoms. The van der Waals surface area contributed by atoms with E-state index in [4.69, 9.17) is 0 Å². The number of aliphatic hydroxyl groups is 1. The number of nitrogens with one attached hydrogen (secondary N) is 2. The van der Waals surface area contributed by atoms with E-state index in [9.17, 15) is 9.90 Å². The van der Waals surface area contributed by atoms with Crippen LogP contribution in [0.3, 0.4) is 0 Å². The van der Waals surface area contributed by atoms with Crippen molar-refractivity contribution >= 4 is 11.7 Å². The summed E-state index contributed by atoms with van der Waals surface area (Å²) in [5, 5.41) is 20.2.